The molecule has 0 bridgehead atoms. The minimum absolute atomic E-state index is 0. The summed E-state index contributed by atoms with van der Waals surface area (Å²) in [7, 11) is 1.82. The third-order valence-corrected chi connectivity index (χ3v) is 3.83. The Morgan fingerprint density at radius 2 is 2.20 bits per heavy atom. The summed E-state index contributed by atoms with van der Waals surface area (Å²) >= 11 is 0. The molecule has 0 aromatic heterocycles. The lowest BCUT2D eigenvalue weighted by Gasteiger charge is -2.32. The molecule has 112 valence electrons. The molecular formula is C15H22ClFN2O. The maximum absolute atomic E-state index is 13.8. The molecule has 1 aromatic rings. The number of hydrogen-bond acceptors (Lipinski definition) is 2. The van der Waals surface area contributed by atoms with Crippen molar-refractivity contribution in [2.75, 3.05) is 13.6 Å². The summed E-state index contributed by atoms with van der Waals surface area (Å²) in [6.07, 6.45) is 2.11. The van der Waals surface area contributed by atoms with E-state index >= 15 is 0 Å². The maximum atomic E-state index is 13.8. The summed E-state index contributed by atoms with van der Waals surface area (Å²) in [5, 5.41) is 6.00. The highest BCUT2D eigenvalue weighted by Crippen LogP contribution is 2.35. The van der Waals surface area contributed by atoms with Crippen LogP contribution in [-0.4, -0.2) is 19.5 Å². The minimum Gasteiger partial charge on any atom is -0.349 e. The van der Waals surface area contributed by atoms with Crippen LogP contribution in [0.3, 0.4) is 0 Å². The average Bonchev–Trinajstić information content (AvgIpc) is 2.40. The van der Waals surface area contributed by atoms with Gasteiger partial charge in [-0.15, -0.1) is 12.4 Å². The molecule has 0 aliphatic heterocycles. The van der Waals surface area contributed by atoms with Gasteiger partial charge in [0.05, 0.1) is 6.04 Å². The Hall–Kier alpha value is -1.13. The van der Waals surface area contributed by atoms with E-state index in [1.165, 1.54) is 6.07 Å². The predicted octanol–water partition coefficient (Wildman–Crippen LogP) is 2.60. The van der Waals surface area contributed by atoms with E-state index in [1.807, 2.05) is 13.1 Å². The standard InChI is InChI=1S/C15H21FN2O.ClH/c1-10-6-7-11-12(4-3-5-13(11)16)15(10)18-14(19)8-9-17-2;/h3-5,10,15,17H,6-9H2,1-2H3,(H,18,19);1H. The molecule has 0 heterocycles. The van der Waals surface area contributed by atoms with Crippen LogP contribution in [0.5, 0.6) is 0 Å². The maximum Gasteiger partial charge on any atom is 0.221 e. The second-order valence-electron chi connectivity index (χ2n) is 5.22. The SMILES string of the molecule is CNCCC(=O)NC1c2cccc(F)c2CCC1C.Cl. The number of fused-ring (bicyclic) bond motifs is 1. The molecule has 0 saturated carbocycles. The van der Waals surface area contributed by atoms with Gasteiger partial charge in [0.15, 0.2) is 0 Å². The Morgan fingerprint density at radius 1 is 1.45 bits per heavy atom. The van der Waals surface area contributed by atoms with Crippen molar-refractivity contribution >= 4 is 18.3 Å². The van der Waals surface area contributed by atoms with Crippen molar-refractivity contribution in [1.29, 1.82) is 0 Å². The fourth-order valence-electron chi connectivity index (χ4n) is 2.68. The summed E-state index contributed by atoms with van der Waals surface area (Å²) in [4.78, 5) is 11.9. The molecule has 1 aliphatic carbocycles. The lowest BCUT2D eigenvalue weighted by molar-refractivity contribution is -0.122. The number of amides is 1. The molecule has 5 heteroatoms. The Morgan fingerprint density at radius 3 is 2.90 bits per heavy atom. The molecule has 2 atom stereocenters. The van der Waals surface area contributed by atoms with Crippen molar-refractivity contribution in [3.05, 3.63) is 35.1 Å². The highest BCUT2D eigenvalue weighted by molar-refractivity contribution is 5.85. The molecule has 0 radical (unpaired) electrons. The topological polar surface area (TPSA) is 41.1 Å². The number of hydrogen-bond donors (Lipinski definition) is 2. The first-order valence-electron chi connectivity index (χ1n) is 6.84. The van der Waals surface area contributed by atoms with Crippen molar-refractivity contribution in [2.45, 2.75) is 32.2 Å². The first kappa shape index (κ1) is 16.9. The van der Waals surface area contributed by atoms with Crippen molar-refractivity contribution in [1.82, 2.24) is 10.6 Å². The van der Waals surface area contributed by atoms with Gasteiger partial charge in [-0.25, -0.2) is 4.39 Å². The fraction of sp³-hybridized carbons (Fsp3) is 0.533. The second kappa shape index (κ2) is 7.60. The normalized spacial score (nSPS) is 20.8. The van der Waals surface area contributed by atoms with E-state index in [9.17, 15) is 9.18 Å². The smallest absolute Gasteiger partial charge is 0.221 e. The van der Waals surface area contributed by atoms with Gasteiger partial charge < -0.3 is 10.6 Å². The highest BCUT2D eigenvalue weighted by Gasteiger charge is 2.29. The fourth-order valence-corrected chi connectivity index (χ4v) is 2.68. The summed E-state index contributed by atoms with van der Waals surface area (Å²) in [6.45, 7) is 2.76. The Bertz CT molecular complexity index is 467. The lowest BCUT2D eigenvalue weighted by atomic mass is 9.80. The van der Waals surface area contributed by atoms with Gasteiger partial charge in [-0.2, -0.15) is 0 Å². The molecule has 0 saturated heterocycles. The van der Waals surface area contributed by atoms with Crippen molar-refractivity contribution in [2.24, 2.45) is 5.92 Å². The first-order chi connectivity index (χ1) is 9.13. The van der Waals surface area contributed by atoms with E-state index in [4.69, 9.17) is 0 Å². The average molecular weight is 301 g/mol. The van der Waals surface area contributed by atoms with Crippen LogP contribution in [0.1, 0.15) is 36.9 Å². The largest absolute Gasteiger partial charge is 0.349 e. The van der Waals surface area contributed by atoms with E-state index in [0.29, 0.717) is 18.9 Å². The van der Waals surface area contributed by atoms with Crippen LogP contribution in [0.2, 0.25) is 0 Å². The third kappa shape index (κ3) is 3.70. The van der Waals surface area contributed by atoms with Gasteiger partial charge in [0.25, 0.3) is 0 Å². The number of carbonyl (C=O) groups excluding carboxylic acids is 1. The molecule has 1 amide bonds. The van der Waals surface area contributed by atoms with E-state index < -0.39 is 0 Å². The third-order valence-electron chi connectivity index (χ3n) is 3.83. The molecule has 2 unspecified atom stereocenters. The predicted molar refractivity (Wildman–Crippen MR) is 80.6 cm³/mol. The molecule has 20 heavy (non-hydrogen) atoms. The Kier molecular flexibility index (Phi) is 6.43. The molecule has 1 aromatic carbocycles. The molecule has 0 spiro atoms. The molecule has 3 nitrogen and oxygen atoms in total. The van der Waals surface area contributed by atoms with Crippen LogP contribution in [0.4, 0.5) is 4.39 Å². The van der Waals surface area contributed by atoms with Gasteiger partial charge in [-0.05, 0) is 43.0 Å². The van der Waals surface area contributed by atoms with Crippen LogP contribution in [-0.2, 0) is 11.2 Å². The van der Waals surface area contributed by atoms with Gasteiger partial charge in [-0.3, -0.25) is 4.79 Å². The van der Waals surface area contributed by atoms with Crippen LogP contribution in [0, 0.1) is 11.7 Å². The number of halogens is 2. The van der Waals surface area contributed by atoms with Crippen LogP contribution in [0.25, 0.3) is 0 Å². The summed E-state index contributed by atoms with van der Waals surface area (Å²) in [5.74, 6) is 0.204. The van der Waals surface area contributed by atoms with E-state index in [2.05, 4.69) is 17.6 Å². The van der Waals surface area contributed by atoms with Gasteiger partial charge in [0, 0.05) is 13.0 Å². The quantitative estimate of drug-likeness (QED) is 0.897. The van der Waals surface area contributed by atoms with Gasteiger partial charge in [0.2, 0.25) is 5.91 Å². The van der Waals surface area contributed by atoms with Crippen LogP contribution < -0.4 is 10.6 Å². The molecule has 0 fully saturated rings. The van der Waals surface area contributed by atoms with Gasteiger partial charge in [0.1, 0.15) is 5.82 Å². The lowest BCUT2D eigenvalue weighted by Crippen LogP contribution is -2.36. The molecule has 1 aliphatic rings. The monoisotopic (exact) mass is 300 g/mol. The molecule has 2 N–H and O–H groups in total. The number of nitrogens with one attached hydrogen (secondary N) is 2. The zero-order valence-electron chi connectivity index (χ0n) is 11.9. The molecular weight excluding hydrogens is 279 g/mol. The summed E-state index contributed by atoms with van der Waals surface area (Å²) in [5.41, 5.74) is 1.70. The minimum atomic E-state index is -0.154. The Balaban J connectivity index is 0.00000200. The zero-order chi connectivity index (χ0) is 13.8. The van der Waals surface area contributed by atoms with Crippen molar-refractivity contribution in [3.63, 3.8) is 0 Å². The number of benzene rings is 1. The summed E-state index contributed by atoms with van der Waals surface area (Å²) in [6, 6.07) is 5.08. The van der Waals surface area contributed by atoms with Crippen molar-refractivity contribution in [3.8, 4) is 0 Å². The first-order valence-corrected chi connectivity index (χ1v) is 6.84. The van der Waals surface area contributed by atoms with Crippen LogP contribution in [0.15, 0.2) is 18.2 Å². The summed E-state index contributed by atoms with van der Waals surface area (Å²) < 4.78 is 13.8. The number of rotatable bonds is 4. The highest BCUT2D eigenvalue weighted by atomic mass is 35.5. The Labute approximate surface area is 125 Å². The van der Waals surface area contributed by atoms with Crippen molar-refractivity contribution < 1.29 is 9.18 Å². The molecule has 2 rings (SSSR count). The van der Waals surface area contributed by atoms with Gasteiger partial charge >= 0.3 is 0 Å². The number of carbonyl (C=O) groups is 1. The van der Waals surface area contributed by atoms with Gasteiger partial charge in [-0.1, -0.05) is 19.1 Å². The van der Waals surface area contributed by atoms with E-state index in [-0.39, 0.29) is 30.2 Å². The van der Waals surface area contributed by atoms with Crippen LogP contribution >= 0.6 is 12.4 Å². The van der Waals surface area contributed by atoms with E-state index in [1.54, 1.807) is 6.07 Å². The second-order valence-corrected chi connectivity index (χ2v) is 5.22. The zero-order valence-corrected chi connectivity index (χ0v) is 12.7. The van der Waals surface area contributed by atoms with E-state index in [0.717, 1.165) is 24.0 Å².